The van der Waals surface area contributed by atoms with Crippen molar-refractivity contribution in [3.8, 4) is 0 Å². The Kier molecular flexibility index (Phi) is 5.35. The molecule has 1 aromatic rings. The van der Waals surface area contributed by atoms with Crippen LogP contribution in [0.15, 0.2) is 6.20 Å². The van der Waals surface area contributed by atoms with Gasteiger partial charge in [0.15, 0.2) is 0 Å². The molecule has 3 N–H and O–H groups in total. The average molecular weight is 238 g/mol. The molecule has 0 atom stereocenters. The van der Waals surface area contributed by atoms with Crippen molar-refractivity contribution in [3.05, 3.63) is 17.5 Å². The van der Waals surface area contributed by atoms with Gasteiger partial charge in [-0.25, -0.2) is 14.8 Å². The number of carbonyl (C=O) groups excluding carboxylic acids is 1. The van der Waals surface area contributed by atoms with Gasteiger partial charge in [0.1, 0.15) is 0 Å². The Hall–Kier alpha value is -1.69. The Balaban J connectivity index is 2.68. The van der Waals surface area contributed by atoms with Crippen molar-refractivity contribution in [3.63, 3.8) is 0 Å². The van der Waals surface area contributed by atoms with Crippen LogP contribution in [0.5, 0.6) is 0 Å². The van der Waals surface area contributed by atoms with Crippen molar-refractivity contribution in [2.75, 3.05) is 25.0 Å². The predicted octanol–water partition coefficient (Wildman–Crippen LogP) is 0.722. The molecule has 17 heavy (non-hydrogen) atoms. The van der Waals surface area contributed by atoms with Crippen LogP contribution in [0, 0.1) is 6.92 Å². The van der Waals surface area contributed by atoms with E-state index in [-0.39, 0.29) is 0 Å². The van der Waals surface area contributed by atoms with Crippen LogP contribution < -0.4 is 11.1 Å². The van der Waals surface area contributed by atoms with Crippen molar-refractivity contribution in [2.24, 2.45) is 5.73 Å². The highest BCUT2D eigenvalue weighted by atomic mass is 16.5. The van der Waals surface area contributed by atoms with Crippen LogP contribution in [0.25, 0.3) is 0 Å². The molecule has 0 aliphatic carbocycles. The normalized spacial score (nSPS) is 10.1. The lowest BCUT2D eigenvalue weighted by Crippen LogP contribution is -2.13. The lowest BCUT2D eigenvalue weighted by Gasteiger charge is -2.07. The Bertz CT molecular complexity index is 382. The van der Waals surface area contributed by atoms with E-state index in [1.54, 1.807) is 13.8 Å². The maximum atomic E-state index is 11.5. The minimum atomic E-state index is -0.390. The van der Waals surface area contributed by atoms with Gasteiger partial charge in [-0.1, -0.05) is 0 Å². The topological polar surface area (TPSA) is 90.1 Å². The van der Waals surface area contributed by atoms with Crippen LogP contribution in [-0.4, -0.2) is 35.6 Å². The minimum absolute atomic E-state index is 0.342. The number of rotatable bonds is 6. The molecular formula is C11H18N4O2. The van der Waals surface area contributed by atoms with Gasteiger partial charge in [0, 0.05) is 12.7 Å². The number of anilines is 1. The largest absolute Gasteiger partial charge is 0.462 e. The molecule has 0 aliphatic rings. The van der Waals surface area contributed by atoms with Crippen molar-refractivity contribution in [1.29, 1.82) is 0 Å². The van der Waals surface area contributed by atoms with Crippen molar-refractivity contribution >= 4 is 11.9 Å². The van der Waals surface area contributed by atoms with E-state index < -0.39 is 5.97 Å². The third kappa shape index (κ3) is 3.99. The Morgan fingerprint density at radius 2 is 2.35 bits per heavy atom. The molecule has 6 nitrogen and oxygen atoms in total. The number of hydrogen-bond acceptors (Lipinski definition) is 6. The molecule has 0 unspecified atom stereocenters. The van der Waals surface area contributed by atoms with E-state index in [0.29, 0.717) is 36.9 Å². The molecule has 0 aromatic carbocycles. The molecule has 6 heteroatoms. The van der Waals surface area contributed by atoms with Crippen LogP contribution in [0.2, 0.25) is 0 Å². The van der Waals surface area contributed by atoms with Crippen LogP contribution in [0.1, 0.15) is 29.4 Å². The fourth-order valence-corrected chi connectivity index (χ4v) is 1.26. The zero-order valence-electron chi connectivity index (χ0n) is 10.2. The molecule has 0 bridgehead atoms. The van der Waals surface area contributed by atoms with E-state index in [4.69, 9.17) is 10.5 Å². The van der Waals surface area contributed by atoms with Gasteiger partial charge in [0.2, 0.25) is 5.95 Å². The van der Waals surface area contributed by atoms with Gasteiger partial charge in [0.25, 0.3) is 0 Å². The molecular weight excluding hydrogens is 220 g/mol. The second kappa shape index (κ2) is 6.80. The third-order valence-electron chi connectivity index (χ3n) is 2.14. The van der Waals surface area contributed by atoms with E-state index in [2.05, 4.69) is 15.3 Å². The molecule has 0 spiro atoms. The monoisotopic (exact) mass is 238 g/mol. The van der Waals surface area contributed by atoms with Gasteiger partial charge in [-0.15, -0.1) is 0 Å². The fraction of sp³-hybridized carbons (Fsp3) is 0.545. The van der Waals surface area contributed by atoms with E-state index in [0.717, 1.165) is 6.42 Å². The highest BCUT2D eigenvalue weighted by molar-refractivity contribution is 5.90. The molecule has 0 fully saturated rings. The smallest absolute Gasteiger partial charge is 0.341 e. The molecule has 0 aliphatic heterocycles. The van der Waals surface area contributed by atoms with Crippen LogP contribution in [0.4, 0.5) is 5.95 Å². The van der Waals surface area contributed by atoms with Crippen molar-refractivity contribution in [1.82, 2.24) is 9.97 Å². The van der Waals surface area contributed by atoms with Crippen molar-refractivity contribution in [2.45, 2.75) is 20.3 Å². The van der Waals surface area contributed by atoms with Gasteiger partial charge in [0.05, 0.1) is 17.9 Å². The Morgan fingerprint density at radius 3 is 2.94 bits per heavy atom. The Morgan fingerprint density at radius 1 is 1.59 bits per heavy atom. The first-order chi connectivity index (χ1) is 8.19. The van der Waals surface area contributed by atoms with Gasteiger partial charge in [-0.05, 0) is 26.8 Å². The molecule has 0 amide bonds. The summed E-state index contributed by atoms with van der Waals surface area (Å²) in [6.07, 6.45) is 2.33. The molecule has 1 aromatic heterocycles. The van der Waals surface area contributed by atoms with Crippen molar-refractivity contribution < 1.29 is 9.53 Å². The maximum absolute atomic E-state index is 11.5. The standard InChI is InChI=1S/C11H18N4O2/c1-3-17-10(16)9-7-14-11(15-8(9)2)13-6-4-5-12/h7H,3-6,12H2,1-2H3,(H,13,14,15). The maximum Gasteiger partial charge on any atom is 0.341 e. The van der Waals surface area contributed by atoms with E-state index in [1.807, 2.05) is 0 Å². The summed E-state index contributed by atoms with van der Waals surface area (Å²) in [6.45, 7) is 5.19. The van der Waals surface area contributed by atoms with Gasteiger partial charge in [-0.3, -0.25) is 0 Å². The van der Waals surface area contributed by atoms with E-state index in [1.165, 1.54) is 6.20 Å². The summed E-state index contributed by atoms with van der Waals surface area (Å²) in [5.74, 6) is 0.113. The summed E-state index contributed by atoms with van der Waals surface area (Å²) in [4.78, 5) is 19.7. The SMILES string of the molecule is CCOC(=O)c1cnc(NCCCN)nc1C. The predicted molar refractivity (Wildman–Crippen MR) is 64.9 cm³/mol. The fourth-order valence-electron chi connectivity index (χ4n) is 1.26. The minimum Gasteiger partial charge on any atom is -0.462 e. The number of nitrogens with two attached hydrogens (primary N) is 1. The molecule has 0 saturated carbocycles. The van der Waals surface area contributed by atoms with Crippen LogP contribution in [0.3, 0.4) is 0 Å². The third-order valence-corrected chi connectivity index (χ3v) is 2.14. The summed E-state index contributed by atoms with van der Waals surface area (Å²) >= 11 is 0. The summed E-state index contributed by atoms with van der Waals surface area (Å²) in [7, 11) is 0. The van der Waals surface area contributed by atoms with Crippen LogP contribution in [-0.2, 0) is 4.74 Å². The molecule has 1 rings (SSSR count). The molecule has 0 radical (unpaired) electrons. The first-order valence-electron chi connectivity index (χ1n) is 5.63. The van der Waals surface area contributed by atoms with E-state index in [9.17, 15) is 4.79 Å². The van der Waals surface area contributed by atoms with Crippen LogP contribution >= 0.6 is 0 Å². The first kappa shape index (κ1) is 13.4. The summed E-state index contributed by atoms with van der Waals surface area (Å²) in [5.41, 5.74) is 6.38. The van der Waals surface area contributed by atoms with Gasteiger partial charge < -0.3 is 15.8 Å². The average Bonchev–Trinajstić information content (AvgIpc) is 2.29. The summed E-state index contributed by atoms with van der Waals surface area (Å²) in [6, 6.07) is 0. The number of aryl methyl sites for hydroxylation is 1. The zero-order chi connectivity index (χ0) is 12.7. The van der Waals surface area contributed by atoms with E-state index >= 15 is 0 Å². The summed E-state index contributed by atoms with van der Waals surface area (Å²) in [5, 5.41) is 3.03. The quantitative estimate of drug-likeness (QED) is 0.560. The van der Waals surface area contributed by atoms with Gasteiger partial charge in [-0.2, -0.15) is 0 Å². The second-order valence-electron chi connectivity index (χ2n) is 3.48. The number of nitrogens with zero attached hydrogens (tertiary/aromatic N) is 2. The molecule has 94 valence electrons. The highest BCUT2D eigenvalue weighted by Crippen LogP contribution is 2.08. The first-order valence-corrected chi connectivity index (χ1v) is 5.63. The lowest BCUT2D eigenvalue weighted by molar-refractivity contribution is 0.0524. The second-order valence-corrected chi connectivity index (χ2v) is 3.48. The number of carbonyl (C=O) groups is 1. The van der Waals surface area contributed by atoms with Gasteiger partial charge >= 0.3 is 5.97 Å². The number of esters is 1. The summed E-state index contributed by atoms with van der Waals surface area (Å²) < 4.78 is 4.89. The molecule has 0 saturated heterocycles. The highest BCUT2D eigenvalue weighted by Gasteiger charge is 2.12. The number of aromatic nitrogens is 2. The number of hydrogen-bond donors (Lipinski definition) is 2. The number of nitrogens with one attached hydrogen (secondary N) is 1. The number of ether oxygens (including phenoxy) is 1. The Labute approximate surface area is 101 Å². The molecule has 1 heterocycles. The zero-order valence-corrected chi connectivity index (χ0v) is 10.2. The lowest BCUT2D eigenvalue weighted by atomic mass is 10.2.